The third-order valence-corrected chi connectivity index (χ3v) is 3.10. The number of anilines is 1. The maximum Gasteiger partial charge on any atom is 0.0921 e. The number of imidazole rings is 1. The van der Waals surface area contributed by atoms with Crippen molar-refractivity contribution in [3.05, 3.63) is 47.5 Å². The van der Waals surface area contributed by atoms with Crippen molar-refractivity contribution < 1.29 is 0 Å². The summed E-state index contributed by atoms with van der Waals surface area (Å²) in [6, 6.07) is 6.56. The van der Waals surface area contributed by atoms with Crippen LogP contribution < -0.4 is 5.32 Å². The predicted octanol–water partition coefficient (Wildman–Crippen LogP) is 2.36. The highest BCUT2D eigenvalue weighted by Crippen LogP contribution is 2.27. The first-order valence-corrected chi connectivity index (χ1v) is 5.75. The predicted molar refractivity (Wildman–Crippen MR) is 64.6 cm³/mol. The molecule has 3 nitrogen and oxygen atoms in total. The summed E-state index contributed by atoms with van der Waals surface area (Å²) in [6.45, 7) is 1.09. The van der Waals surface area contributed by atoms with Gasteiger partial charge in [-0.1, -0.05) is 18.2 Å². The van der Waals surface area contributed by atoms with Gasteiger partial charge in [0.15, 0.2) is 0 Å². The normalized spacial score (nSPS) is 14.2. The molecule has 0 fully saturated rings. The third kappa shape index (κ3) is 1.69. The van der Waals surface area contributed by atoms with Crippen LogP contribution in [0.1, 0.15) is 23.2 Å². The summed E-state index contributed by atoms with van der Waals surface area (Å²) in [5.41, 5.74) is 5.31. The Kier molecular flexibility index (Phi) is 2.37. The fourth-order valence-electron chi connectivity index (χ4n) is 2.31. The van der Waals surface area contributed by atoms with Crippen LogP contribution in [-0.4, -0.2) is 16.5 Å². The lowest BCUT2D eigenvalue weighted by molar-refractivity contribution is 0.825. The highest BCUT2D eigenvalue weighted by Gasteiger charge is 2.12. The zero-order chi connectivity index (χ0) is 10.8. The topological polar surface area (TPSA) is 40.7 Å². The minimum Gasteiger partial charge on any atom is -0.385 e. The highest BCUT2D eigenvalue weighted by atomic mass is 14.9. The number of para-hydroxylation sites is 1. The number of fused-ring (bicyclic) bond motifs is 1. The first-order valence-electron chi connectivity index (χ1n) is 5.75. The Balaban J connectivity index is 1.94. The zero-order valence-corrected chi connectivity index (χ0v) is 9.16. The quantitative estimate of drug-likeness (QED) is 0.804. The number of aromatic nitrogens is 2. The van der Waals surface area contributed by atoms with E-state index >= 15 is 0 Å². The van der Waals surface area contributed by atoms with E-state index in [4.69, 9.17) is 0 Å². The fourth-order valence-corrected chi connectivity index (χ4v) is 2.31. The van der Waals surface area contributed by atoms with E-state index in [1.807, 2.05) is 6.20 Å². The standard InChI is InChI=1S/C13H15N3/c1-3-10-5-2-6-15-13(10)11(4-1)7-12-8-14-9-16-12/h1,3-4,8-9,15H,2,5-7H2,(H,14,16). The molecule has 3 heteroatoms. The van der Waals surface area contributed by atoms with Crippen LogP contribution >= 0.6 is 0 Å². The molecule has 1 aliphatic heterocycles. The third-order valence-electron chi connectivity index (χ3n) is 3.10. The van der Waals surface area contributed by atoms with Gasteiger partial charge in [0.05, 0.1) is 6.33 Å². The van der Waals surface area contributed by atoms with Gasteiger partial charge in [-0.25, -0.2) is 4.98 Å². The van der Waals surface area contributed by atoms with Crippen molar-refractivity contribution in [2.45, 2.75) is 19.3 Å². The monoisotopic (exact) mass is 213 g/mol. The number of nitrogens with one attached hydrogen (secondary N) is 2. The second kappa shape index (κ2) is 4.00. The van der Waals surface area contributed by atoms with Crippen LogP contribution in [0.2, 0.25) is 0 Å². The van der Waals surface area contributed by atoms with Crippen molar-refractivity contribution in [3.63, 3.8) is 0 Å². The van der Waals surface area contributed by atoms with Gasteiger partial charge in [-0.2, -0.15) is 0 Å². The molecular weight excluding hydrogens is 198 g/mol. The van der Waals surface area contributed by atoms with E-state index < -0.39 is 0 Å². The van der Waals surface area contributed by atoms with E-state index in [2.05, 4.69) is 33.5 Å². The summed E-state index contributed by atoms with van der Waals surface area (Å²) in [4.78, 5) is 7.21. The lowest BCUT2D eigenvalue weighted by Crippen LogP contribution is -2.13. The molecule has 0 unspecified atom stereocenters. The number of hydrogen-bond donors (Lipinski definition) is 2. The van der Waals surface area contributed by atoms with Gasteiger partial charge in [-0.05, 0) is 24.0 Å². The Morgan fingerprint density at radius 3 is 3.19 bits per heavy atom. The Labute approximate surface area is 94.9 Å². The van der Waals surface area contributed by atoms with Gasteiger partial charge in [0.2, 0.25) is 0 Å². The number of aryl methyl sites for hydroxylation is 1. The second-order valence-corrected chi connectivity index (χ2v) is 4.24. The number of benzene rings is 1. The molecule has 0 spiro atoms. The molecule has 1 aromatic carbocycles. The van der Waals surface area contributed by atoms with E-state index in [9.17, 15) is 0 Å². The molecule has 0 saturated carbocycles. The van der Waals surface area contributed by atoms with E-state index in [-0.39, 0.29) is 0 Å². The van der Waals surface area contributed by atoms with Crippen LogP contribution in [-0.2, 0) is 12.8 Å². The lowest BCUT2D eigenvalue weighted by Gasteiger charge is -2.21. The maximum absolute atomic E-state index is 4.05. The largest absolute Gasteiger partial charge is 0.385 e. The SMILES string of the molecule is c1cc2c(c(Cc3cnc[nH]3)c1)NCCC2. The summed E-state index contributed by atoms with van der Waals surface area (Å²) in [7, 11) is 0. The molecule has 0 amide bonds. The van der Waals surface area contributed by atoms with Crippen molar-refractivity contribution in [2.24, 2.45) is 0 Å². The van der Waals surface area contributed by atoms with E-state index in [1.165, 1.54) is 35.3 Å². The Morgan fingerprint density at radius 1 is 1.31 bits per heavy atom. The zero-order valence-electron chi connectivity index (χ0n) is 9.16. The summed E-state index contributed by atoms with van der Waals surface area (Å²) >= 11 is 0. The van der Waals surface area contributed by atoms with Gasteiger partial charge in [-0.15, -0.1) is 0 Å². The lowest BCUT2D eigenvalue weighted by atomic mass is 9.97. The molecule has 82 valence electrons. The Morgan fingerprint density at radius 2 is 2.31 bits per heavy atom. The number of aromatic amines is 1. The average molecular weight is 213 g/mol. The minimum atomic E-state index is 0.927. The van der Waals surface area contributed by atoms with Gasteiger partial charge in [0.1, 0.15) is 0 Å². The summed E-state index contributed by atoms with van der Waals surface area (Å²) in [6.07, 6.45) is 6.98. The van der Waals surface area contributed by atoms with Crippen molar-refractivity contribution in [1.82, 2.24) is 9.97 Å². The molecular formula is C13H15N3. The van der Waals surface area contributed by atoms with Crippen LogP contribution in [0.5, 0.6) is 0 Å². The smallest absolute Gasteiger partial charge is 0.0921 e. The number of hydrogen-bond acceptors (Lipinski definition) is 2. The molecule has 2 heterocycles. The minimum absolute atomic E-state index is 0.927. The van der Waals surface area contributed by atoms with Crippen molar-refractivity contribution in [3.8, 4) is 0 Å². The summed E-state index contributed by atoms with van der Waals surface area (Å²) < 4.78 is 0. The molecule has 2 N–H and O–H groups in total. The number of rotatable bonds is 2. The van der Waals surface area contributed by atoms with Gasteiger partial charge in [0, 0.05) is 30.5 Å². The van der Waals surface area contributed by atoms with Gasteiger partial charge >= 0.3 is 0 Å². The first kappa shape index (κ1) is 9.46. The van der Waals surface area contributed by atoms with Crippen molar-refractivity contribution in [1.29, 1.82) is 0 Å². The van der Waals surface area contributed by atoms with Gasteiger partial charge < -0.3 is 10.3 Å². The van der Waals surface area contributed by atoms with Gasteiger partial charge in [0.25, 0.3) is 0 Å². The number of nitrogens with zero attached hydrogens (tertiary/aromatic N) is 1. The maximum atomic E-state index is 4.05. The van der Waals surface area contributed by atoms with Gasteiger partial charge in [-0.3, -0.25) is 0 Å². The summed E-state index contributed by atoms with van der Waals surface area (Å²) in [5.74, 6) is 0. The van der Waals surface area contributed by atoms with Crippen molar-refractivity contribution >= 4 is 5.69 Å². The fraction of sp³-hybridized carbons (Fsp3) is 0.308. The van der Waals surface area contributed by atoms with Crippen LogP contribution in [0.25, 0.3) is 0 Å². The van der Waals surface area contributed by atoms with Crippen LogP contribution in [0.4, 0.5) is 5.69 Å². The molecule has 0 radical (unpaired) electrons. The molecule has 0 saturated heterocycles. The average Bonchev–Trinajstić information content (AvgIpc) is 2.82. The molecule has 2 aromatic rings. The molecule has 0 bridgehead atoms. The van der Waals surface area contributed by atoms with Crippen LogP contribution in [0, 0.1) is 0 Å². The Hall–Kier alpha value is -1.77. The number of H-pyrrole nitrogens is 1. The van der Waals surface area contributed by atoms with Crippen molar-refractivity contribution in [2.75, 3.05) is 11.9 Å². The second-order valence-electron chi connectivity index (χ2n) is 4.24. The van der Waals surface area contributed by atoms with E-state index in [1.54, 1.807) is 6.33 Å². The van der Waals surface area contributed by atoms with E-state index in [0.29, 0.717) is 0 Å². The molecule has 1 aromatic heterocycles. The van der Waals surface area contributed by atoms with E-state index in [0.717, 1.165) is 13.0 Å². The molecule has 0 atom stereocenters. The Bertz CT molecular complexity index is 474. The van der Waals surface area contributed by atoms with Crippen LogP contribution in [0.15, 0.2) is 30.7 Å². The molecule has 1 aliphatic rings. The first-order chi connectivity index (χ1) is 7.93. The molecule has 16 heavy (non-hydrogen) atoms. The molecule has 3 rings (SSSR count). The highest BCUT2D eigenvalue weighted by molar-refractivity contribution is 5.60. The summed E-state index contributed by atoms with van der Waals surface area (Å²) in [5, 5.41) is 3.51. The molecule has 0 aliphatic carbocycles. The van der Waals surface area contributed by atoms with Crippen LogP contribution in [0.3, 0.4) is 0 Å².